The zero-order valence-electron chi connectivity index (χ0n) is 60.2. The van der Waals surface area contributed by atoms with Crippen molar-refractivity contribution in [1.82, 2.24) is 58.6 Å². The Balaban J connectivity index is 0.766. The van der Waals surface area contributed by atoms with Gasteiger partial charge in [0.15, 0.2) is 52.4 Å². The maximum absolute atomic E-state index is 5.28. The molecule has 0 fully saturated rings. The summed E-state index contributed by atoms with van der Waals surface area (Å²) in [5, 5.41) is 6.46. The lowest BCUT2D eigenvalue weighted by Gasteiger charge is -2.26. The van der Waals surface area contributed by atoms with Crippen LogP contribution in [-0.2, 0) is 0 Å². The molecule has 6 aromatic heterocycles. The van der Waals surface area contributed by atoms with Crippen molar-refractivity contribution in [3.8, 4) is 120 Å². The molecule has 0 aliphatic rings. The Morgan fingerprint density at radius 3 is 0.607 bits per heavy atom. The fourth-order valence-corrected chi connectivity index (χ4v) is 15.9. The highest BCUT2D eigenvalue weighted by Gasteiger charge is 2.27. The SMILES string of the molecule is c1ccc(-c2nc(-c3ccccc3)nc(-c3ccccc3-n3c4ccccc4c4cc(N(c5ccc6c(c5)c5ccccc5n6-c5ccccc5-c5nc(-c6ccccc6)nc(-c6ccccc6)n5)c5ccc6c(c5)c5ccccc5n6-c5ccccc5-c5nc(-c6ccccc6)nc(-c6ccccc6)n5)ccc43)n2)cc1. The van der Waals surface area contributed by atoms with Crippen LogP contribution in [0.25, 0.3) is 185 Å². The van der Waals surface area contributed by atoms with Gasteiger partial charge in [0.2, 0.25) is 0 Å². The smallest absolute Gasteiger partial charge is 0.166 e. The molecule has 0 unspecified atom stereocenters. The van der Waals surface area contributed by atoms with Gasteiger partial charge in [-0.2, -0.15) is 0 Å². The van der Waals surface area contributed by atoms with Crippen LogP contribution in [0.2, 0.25) is 0 Å². The highest BCUT2D eigenvalue weighted by atomic mass is 15.2. The van der Waals surface area contributed by atoms with Crippen molar-refractivity contribution in [3.05, 3.63) is 382 Å². The number of rotatable bonds is 15. The average Bonchev–Trinajstić information content (AvgIpc) is 1.57. The predicted octanol–water partition coefficient (Wildman–Crippen LogP) is 24.0. The van der Waals surface area contributed by atoms with E-state index in [9.17, 15) is 0 Å². The highest BCUT2D eigenvalue weighted by molar-refractivity contribution is 6.15. The maximum atomic E-state index is 5.28. The molecular weight excluding hydrogens is 1370 g/mol. The third-order valence-electron chi connectivity index (χ3n) is 21.0. The van der Waals surface area contributed by atoms with Crippen LogP contribution in [0.1, 0.15) is 0 Å². The summed E-state index contributed by atoms with van der Waals surface area (Å²) in [6, 6.07) is 133. The van der Waals surface area contributed by atoms with E-state index in [2.05, 4.69) is 219 Å². The lowest BCUT2D eigenvalue weighted by Crippen LogP contribution is -2.10. The van der Waals surface area contributed by atoms with Gasteiger partial charge >= 0.3 is 0 Å². The quantitative estimate of drug-likeness (QED) is 0.0976. The third-order valence-corrected chi connectivity index (χ3v) is 21.0. The standard InChI is InChI=1S/C99H63N13/c1-7-31-64(32-8-1)91-100-92(65-33-9-2-10-34-65)104-97(103-91)76-46-22-28-52-85(76)110-82-49-25-19-43-73(82)79-61-70(55-58-88(79)110)109(71-56-59-89-80(62-71)74-44-20-26-50-83(74)111(89)86-53-29-23-47-77(86)98-105-93(66-35-11-3-12-36-66)101-94(106-98)67-37-13-4-14-38-67)72-57-60-90-81(63-72)75-45-21-27-51-84(75)112(90)87-54-30-24-48-78(87)99-107-95(68-39-15-5-16-40-68)102-96(108-99)69-41-17-6-18-42-69/h1-63H. The Morgan fingerprint density at radius 1 is 0.161 bits per heavy atom. The van der Waals surface area contributed by atoms with Crippen LogP contribution in [0.3, 0.4) is 0 Å². The molecule has 6 heterocycles. The van der Waals surface area contributed by atoms with Gasteiger partial charge in [-0.1, -0.05) is 273 Å². The van der Waals surface area contributed by atoms with Crippen LogP contribution in [0, 0.1) is 0 Å². The Kier molecular flexibility index (Phi) is 15.9. The minimum Gasteiger partial charge on any atom is -0.310 e. The van der Waals surface area contributed by atoms with Crippen molar-refractivity contribution in [2.75, 3.05) is 4.90 Å². The van der Waals surface area contributed by atoms with E-state index in [1.54, 1.807) is 0 Å². The zero-order valence-corrected chi connectivity index (χ0v) is 60.2. The molecule has 0 atom stereocenters. The molecule has 0 N–H and O–H groups in total. The fourth-order valence-electron chi connectivity index (χ4n) is 15.9. The monoisotopic (exact) mass is 1430 g/mol. The average molecular weight is 1430 g/mol. The number of fused-ring (bicyclic) bond motifs is 9. The van der Waals surface area contributed by atoms with E-state index in [1.807, 2.05) is 182 Å². The summed E-state index contributed by atoms with van der Waals surface area (Å²) in [4.78, 5) is 49.4. The van der Waals surface area contributed by atoms with Gasteiger partial charge in [-0.05, 0) is 109 Å². The van der Waals surface area contributed by atoms with Gasteiger partial charge in [0.25, 0.3) is 0 Å². The largest absolute Gasteiger partial charge is 0.310 e. The zero-order chi connectivity index (χ0) is 74.0. The first kappa shape index (κ1) is 64.9. The Hall–Kier alpha value is -15.5. The molecule has 0 saturated carbocycles. The van der Waals surface area contributed by atoms with E-state index in [0.29, 0.717) is 52.4 Å². The molecule has 0 spiro atoms. The van der Waals surface area contributed by atoms with Gasteiger partial charge in [-0.25, -0.2) is 44.9 Å². The van der Waals surface area contributed by atoms with E-state index in [-0.39, 0.29) is 0 Å². The number of hydrogen-bond donors (Lipinski definition) is 0. The summed E-state index contributed by atoms with van der Waals surface area (Å²) >= 11 is 0. The number of benzene rings is 15. The van der Waals surface area contributed by atoms with Gasteiger partial charge in [0, 0.05) is 99.5 Å². The molecule has 524 valence electrons. The third kappa shape index (κ3) is 11.4. The first-order chi connectivity index (χ1) is 55.5. The van der Waals surface area contributed by atoms with Crippen molar-refractivity contribution >= 4 is 82.5 Å². The van der Waals surface area contributed by atoms with Gasteiger partial charge < -0.3 is 18.6 Å². The minimum atomic E-state index is 0.567. The van der Waals surface area contributed by atoms with Crippen LogP contribution in [-0.4, -0.2) is 58.6 Å². The molecule has 0 bridgehead atoms. The summed E-state index contributed by atoms with van der Waals surface area (Å²) in [7, 11) is 0. The predicted molar refractivity (Wildman–Crippen MR) is 453 cm³/mol. The van der Waals surface area contributed by atoms with Gasteiger partial charge in [-0.15, -0.1) is 0 Å². The van der Waals surface area contributed by atoms with E-state index < -0.39 is 0 Å². The highest BCUT2D eigenvalue weighted by Crippen LogP contribution is 2.47. The van der Waals surface area contributed by atoms with Gasteiger partial charge in [0.05, 0.1) is 50.2 Å². The van der Waals surface area contributed by atoms with Crippen molar-refractivity contribution in [2.24, 2.45) is 0 Å². The van der Waals surface area contributed by atoms with Crippen LogP contribution in [0.5, 0.6) is 0 Å². The molecule has 0 aliphatic carbocycles. The Labute approximate surface area is 643 Å². The second-order valence-corrected chi connectivity index (χ2v) is 27.7. The van der Waals surface area contributed by atoms with Crippen molar-refractivity contribution < 1.29 is 0 Å². The van der Waals surface area contributed by atoms with Crippen LogP contribution >= 0.6 is 0 Å². The van der Waals surface area contributed by atoms with Crippen molar-refractivity contribution in [1.29, 1.82) is 0 Å². The van der Waals surface area contributed by atoms with E-state index in [4.69, 9.17) is 44.9 Å². The topological polar surface area (TPSA) is 134 Å². The summed E-state index contributed by atoms with van der Waals surface area (Å²) in [5.74, 6) is 5.26. The summed E-state index contributed by atoms with van der Waals surface area (Å²) < 4.78 is 7.09. The molecule has 13 heteroatoms. The summed E-state index contributed by atoms with van der Waals surface area (Å²) in [6.07, 6.45) is 0. The molecule has 13 nitrogen and oxygen atoms in total. The number of nitrogens with zero attached hydrogens (tertiary/aromatic N) is 13. The molecule has 0 saturated heterocycles. The van der Waals surface area contributed by atoms with E-state index >= 15 is 0 Å². The first-order valence-electron chi connectivity index (χ1n) is 37.4. The van der Waals surface area contributed by atoms with Gasteiger partial charge in [-0.3, -0.25) is 0 Å². The van der Waals surface area contributed by atoms with Crippen LogP contribution < -0.4 is 4.90 Å². The van der Waals surface area contributed by atoms with E-state index in [1.165, 1.54) is 0 Å². The molecular formula is C99H63N13. The lowest BCUT2D eigenvalue weighted by atomic mass is 10.1. The summed E-state index contributed by atoms with van der Waals surface area (Å²) in [6.45, 7) is 0. The summed E-state index contributed by atoms with van der Waals surface area (Å²) in [5.41, 5.74) is 19.8. The molecule has 21 aromatic rings. The number of anilines is 3. The van der Waals surface area contributed by atoms with Crippen LogP contribution in [0.4, 0.5) is 17.1 Å². The molecule has 0 amide bonds. The second-order valence-electron chi connectivity index (χ2n) is 27.7. The number of hydrogen-bond acceptors (Lipinski definition) is 10. The normalized spacial score (nSPS) is 11.6. The first-order valence-corrected chi connectivity index (χ1v) is 37.4. The Morgan fingerprint density at radius 2 is 0.357 bits per heavy atom. The van der Waals surface area contributed by atoms with E-state index in [0.717, 1.165) is 150 Å². The van der Waals surface area contributed by atoms with Gasteiger partial charge in [0.1, 0.15) is 0 Å². The molecule has 112 heavy (non-hydrogen) atoms. The van der Waals surface area contributed by atoms with Crippen LogP contribution in [0.15, 0.2) is 382 Å². The fraction of sp³-hybridized carbons (Fsp3) is 0. The maximum Gasteiger partial charge on any atom is 0.166 e. The minimum absolute atomic E-state index is 0.567. The Bertz CT molecular complexity index is 6330. The van der Waals surface area contributed by atoms with Crippen molar-refractivity contribution in [2.45, 2.75) is 0 Å². The number of aromatic nitrogens is 12. The second kappa shape index (κ2) is 27.4. The molecule has 21 rings (SSSR count). The molecule has 0 radical (unpaired) electrons. The van der Waals surface area contributed by atoms with Crippen molar-refractivity contribution in [3.63, 3.8) is 0 Å². The molecule has 0 aliphatic heterocycles. The number of para-hydroxylation sites is 6. The lowest BCUT2D eigenvalue weighted by molar-refractivity contribution is 1.06. The molecule has 15 aromatic carbocycles.